The molecule has 5 rings (SSSR count). The molecular formula is C34H10N10. The molecule has 196 valence electrons. The lowest BCUT2D eigenvalue weighted by molar-refractivity contribution is 1.34. The molecule has 0 amide bonds. The average Bonchev–Trinajstić information content (AvgIpc) is 3.09. The first-order valence-electron chi connectivity index (χ1n) is 14.0. The number of benzene rings is 3. The van der Waals surface area contributed by atoms with Crippen LogP contribution < -0.4 is 10.4 Å². The van der Waals surface area contributed by atoms with Crippen LogP contribution in [-0.4, -0.2) is 9.97 Å². The van der Waals surface area contributed by atoms with Gasteiger partial charge in [-0.05, 0) is 41.5 Å². The fraction of sp³-hybridized carbons (Fsp3) is 0. The molecule has 0 bridgehead atoms. The molecular weight excluding hydrogens is 548 g/mol. The minimum atomic E-state index is -0.564. The van der Waals surface area contributed by atoms with Crippen LogP contribution in [0.25, 0.3) is 52.5 Å². The fourth-order valence-corrected chi connectivity index (χ4v) is 4.49. The monoisotopic (exact) mass is 562 g/mol. The SMILES string of the molecule is [2H]c1c(C#N)c([2H])c([N+]#[C-])c(/C([N+]#[C-])=c2\cnc3cc4c/c(=C(\C#N)c5c(C#N)c([2H])c([N+]#[C-])c([2H])c5[N+]#[C-])cnc4cc3c2)c1C#N. The molecule has 5 aromatic rings. The van der Waals surface area contributed by atoms with Gasteiger partial charge in [-0.1, -0.05) is 12.1 Å². The van der Waals surface area contributed by atoms with E-state index in [0.717, 1.165) is 0 Å². The van der Waals surface area contributed by atoms with Crippen molar-refractivity contribution in [2.24, 2.45) is 0 Å². The van der Waals surface area contributed by atoms with Gasteiger partial charge in [-0.3, -0.25) is 9.97 Å². The number of aromatic nitrogens is 2. The van der Waals surface area contributed by atoms with Gasteiger partial charge in [-0.2, -0.15) is 21.0 Å². The van der Waals surface area contributed by atoms with Crippen LogP contribution in [-0.2, 0) is 0 Å². The van der Waals surface area contributed by atoms with Gasteiger partial charge >= 0.3 is 0 Å². The van der Waals surface area contributed by atoms with Gasteiger partial charge < -0.3 is 0 Å². The smallest absolute Gasteiger partial charge is 0.194 e. The predicted molar refractivity (Wildman–Crippen MR) is 159 cm³/mol. The molecule has 0 saturated heterocycles. The normalized spacial score (nSPS) is 12.5. The lowest BCUT2D eigenvalue weighted by Gasteiger charge is -2.08. The molecule has 3 aromatic carbocycles. The first kappa shape index (κ1) is 22.9. The highest BCUT2D eigenvalue weighted by Crippen LogP contribution is 2.34. The second-order valence-corrected chi connectivity index (χ2v) is 8.72. The Hall–Kier alpha value is -7.86. The summed E-state index contributed by atoms with van der Waals surface area (Å²) in [5.74, 6) is 0. The predicted octanol–water partition coefficient (Wildman–Crippen LogP) is 5.85. The van der Waals surface area contributed by atoms with Crippen molar-refractivity contribution in [1.82, 2.24) is 9.97 Å². The topological polar surface area (TPSA) is 138 Å². The van der Waals surface area contributed by atoms with Crippen LogP contribution >= 0.6 is 0 Å². The van der Waals surface area contributed by atoms with E-state index in [2.05, 4.69) is 29.3 Å². The molecule has 0 radical (unpaired) electrons. The van der Waals surface area contributed by atoms with Gasteiger partial charge in [0.2, 0.25) is 0 Å². The van der Waals surface area contributed by atoms with Crippen molar-refractivity contribution in [3.8, 4) is 24.3 Å². The summed E-state index contributed by atoms with van der Waals surface area (Å²) in [6.07, 6.45) is 2.63. The van der Waals surface area contributed by atoms with E-state index in [0.29, 0.717) is 21.8 Å². The molecule has 0 spiro atoms. The van der Waals surface area contributed by atoms with E-state index < -0.39 is 57.9 Å². The summed E-state index contributed by atoms with van der Waals surface area (Å²) >= 11 is 0. The maximum absolute atomic E-state index is 10.1. The van der Waals surface area contributed by atoms with E-state index >= 15 is 0 Å². The molecule has 10 nitrogen and oxygen atoms in total. The Morgan fingerprint density at radius 1 is 0.682 bits per heavy atom. The second kappa shape index (κ2) is 11.3. The van der Waals surface area contributed by atoms with Crippen LogP contribution in [0.1, 0.15) is 33.3 Å². The van der Waals surface area contributed by atoms with Crippen LogP contribution in [0.15, 0.2) is 60.8 Å². The van der Waals surface area contributed by atoms with E-state index in [1.807, 2.05) is 6.07 Å². The molecule has 44 heavy (non-hydrogen) atoms. The second-order valence-electron chi connectivity index (χ2n) is 8.72. The summed E-state index contributed by atoms with van der Waals surface area (Å²) in [5, 5.41) is 40.5. The number of hydrogen-bond donors (Lipinski definition) is 0. The Labute approximate surface area is 255 Å². The molecule has 2 heterocycles. The zero-order valence-electron chi connectivity index (χ0n) is 25.9. The van der Waals surface area contributed by atoms with Crippen molar-refractivity contribution < 1.29 is 5.48 Å². The highest BCUT2D eigenvalue weighted by molar-refractivity contribution is 5.96. The van der Waals surface area contributed by atoms with Crippen LogP contribution in [0.5, 0.6) is 0 Å². The Morgan fingerprint density at radius 3 is 1.82 bits per heavy atom. The van der Waals surface area contributed by atoms with Crippen molar-refractivity contribution in [2.45, 2.75) is 0 Å². The van der Waals surface area contributed by atoms with Crippen LogP contribution in [0.3, 0.4) is 0 Å². The summed E-state index contributed by atoms with van der Waals surface area (Å²) in [4.78, 5) is 22.1. The maximum atomic E-state index is 10.1. The zero-order valence-corrected chi connectivity index (χ0v) is 21.9. The van der Waals surface area contributed by atoms with Gasteiger partial charge in [0.05, 0.1) is 71.3 Å². The Kier molecular flexibility index (Phi) is 5.89. The van der Waals surface area contributed by atoms with Gasteiger partial charge in [0.25, 0.3) is 0 Å². The highest BCUT2D eigenvalue weighted by Gasteiger charge is 2.18. The quantitative estimate of drug-likeness (QED) is 0.195. The van der Waals surface area contributed by atoms with E-state index in [4.69, 9.17) is 31.8 Å². The molecule has 0 fully saturated rings. The standard InChI is InChI=1S/C34H10N10/c1-39-26-9-23(15-37)32(31(12-26)41-3)27(16-38)24-7-20-10-29-21(11-28(20)43-17-24)8-25(18-44-29)34(42-4)33-22(14-36)5-19(13-35)6-30(33)40-2/h5-12,17-18H/b27-24-,34-25+/i5D,6D,9D,12D. The van der Waals surface area contributed by atoms with Gasteiger partial charge in [0.15, 0.2) is 22.8 Å². The number of hydrogen-bond acceptors (Lipinski definition) is 6. The zero-order chi connectivity index (χ0) is 34.9. The van der Waals surface area contributed by atoms with Crippen molar-refractivity contribution >= 4 is 50.1 Å². The number of pyridine rings is 2. The Bertz CT molecular complexity index is 2540. The van der Waals surface area contributed by atoms with E-state index in [1.54, 1.807) is 42.5 Å². The van der Waals surface area contributed by atoms with Gasteiger partial charge in [-0.15, -0.1) is 0 Å². The third-order valence-electron chi connectivity index (χ3n) is 6.37. The third-order valence-corrected chi connectivity index (χ3v) is 6.37. The third kappa shape index (κ3) is 4.61. The number of rotatable bonds is 2. The van der Waals surface area contributed by atoms with E-state index in [-0.39, 0.29) is 32.8 Å². The fourth-order valence-electron chi connectivity index (χ4n) is 4.49. The molecule has 2 aromatic heterocycles. The molecule has 0 N–H and O–H groups in total. The molecule has 0 saturated carbocycles. The van der Waals surface area contributed by atoms with Crippen molar-refractivity contribution in [1.29, 1.82) is 21.0 Å². The average molecular weight is 563 g/mol. The molecule has 0 atom stereocenters. The minimum absolute atomic E-state index is 0.175. The molecule has 0 unspecified atom stereocenters. The van der Waals surface area contributed by atoms with Crippen molar-refractivity contribution in [3.63, 3.8) is 0 Å². The van der Waals surface area contributed by atoms with Crippen LogP contribution in [0.2, 0.25) is 0 Å². The number of fused-ring (bicyclic) bond motifs is 2. The summed E-state index contributed by atoms with van der Waals surface area (Å²) in [6.45, 7) is 30.3. The summed E-state index contributed by atoms with van der Waals surface area (Å²) in [7, 11) is 0. The van der Waals surface area contributed by atoms with E-state index in [9.17, 15) is 21.0 Å². The van der Waals surface area contributed by atoms with Crippen LogP contribution in [0, 0.1) is 71.6 Å². The Morgan fingerprint density at radius 2 is 1.27 bits per heavy atom. The number of nitriles is 4. The summed E-state index contributed by atoms with van der Waals surface area (Å²) in [5.41, 5.74) is -2.62. The van der Waals surface area contributed by atoms with Gasteiger partial charge in [0.1, 0.15) is 0 Å². The Balaban J connectivity index is 1.82. The maximum Gasteiger partial charge on any atom is 0.194 e. The summed E-state index contributed by atoms with van der Waals surface area (Å²) in [6, 6.07) is 11.3. The largest absolute Gasteiger partial charge is 0.257 e. The van der Waals surface area contributed by atoms with E-state index in [1.165, 1.54) is 12.4 Å². The van der Waals surface area contributed by atoms with Gasteiger partial charge in [0, 0.05) is 57.6 Å². The molecule has 0 aliphatic rings. The number of nitrogens with zero attached hydrogens (tertiary/aromatic N) is 10. The first-order chi connectivity index (χ1) is 23.1. The minimum Gasteiger partial charge on any atom is -0.257 e. The van der Waals surface area contributed by atoms with Crippen molar-refractivity contribution in [2.75, 3.05) is 0 Å². The lowest BCUT2D eigenvalue weighted by atomic mass is 9.96. The molecule has 10 heteroatoms. The molecule has 0 aliphatic heterocycles. The summed E-state index contributed by atoms with van der Waals surface area (Å²) < 4.78 is 33.1. The van der Waals surface area contributed by atoms with Crippen LogP contribution in [0.4, 0.5) is 17.1 Å². The lowest BCUT2D eigenvalue weighted by Crippen LogP contribution is -2.09. The highest BCUT2D eigenvalue weighted by atomic mass is 14.7. The first-order valence-corrected chi connectivity index (χ1v) is 12.0. The van der Waals surface area contributed by atoms with Gasteiger partial charge in [-0.25, -0.2) is 19.4 Å². The van der Waals surface area contributed by atoms with Crippen molar-refractivity contribution in [3.05, 3.63) is 145 Å². The molecule has 0 aliphatic carbocycles.